The zero-order chi connectivity index (χ0) is 13.1. The van der Waals surface area contributed by atoms with Gasteiger partial charge >= 0.3 is 5.97 Å². The molecule has 0 aromatic carbocycles. The molecule has 1 amide bonds. The molecule has 0 radical (unpaired) electrons. The second kappa shape index (κ2) is 4.99. The van der Waals surface area contributed by atoms with Gasteiger partial charge in [-0.3, -0.25) is 9.59 Å². The molecule has 0 bridgehead atoms. The number of aliphatic carboxylic acids is 1. The Labute approximate surface area is 99.0 Å². The molecule has 1 aromatic rings. The lowest BCUT2D eigenvalue weighted by molar-refractivity contribution is -0.138. The van der Waals surface area contributed by atoms with Gasteiger partial charge in [-0.05, 0) is 0 Å². The molecule has 17 heavy (non-hydrogen) atoms. The summed E-state index contributed by atoms with van der Waals surface area (Å²) in [6.07, 6.45) is -0.275. The van der Waals surface area contributed by atoms with Crippen molar-refractivity contribution in [3.8, 4) is 0 Å². The normalized spacial score (nSPS) is 11.2. The fourth-order valence-corrected chi connectivity index (χ4v) is 1.11. The van der Waals surface area contributed by atoms with Gasteiger partial charge in [-0.25, -0.2) is 0 Å². The second-order valence-electron chi connectivity index (χ2n) is 4.77. The number of carboxylic acids is 1. The second-order valence-corrected chi connectivity index (χ2v) is 4.77. The van der Waals surface area contributed by atoms with Crippen molar-refractivity contribution in [2.45, 2.75) is 39.0 Å². The Hall–Kier alpha value is -1.85. The number of carbonyl (C=O) groups is 2. The average Bonchev–Trinajstić information content (AvgIpc) is 2.62. The maximum atomic E-state index is 11.3. The molecule has 0 spiro atoms. The first kappa shape index (κ1) is 13.2. The summed E-state index contributed by atoms with van der Waals surface area (Å²) >= 11 is 0. The summed E-state index contributed by atoms with van der Waals surface area (Å²) in [6, 6.07) is 1.64. The Morgan fingerprint density at radius 2 is 2.06 bits per heavy atom. The van der Waals surface area contributed by atoms with Crippen molar-refractivity contribution in [2.24, 2.45) is 0 Å². The van der Waals surface area contributed by atoms with E-state index in [1.54, 1.807) is 6.07 Å². The van der Waals surface area contributed by atoms with Gasteiger partial charge < -0.3 is 14.9 Å². The number of hydrogen-bond donors (Lipinski definition) is 2. The van der Waals surface area contributed by atoms with Crippen molar-refractivity contribution in [1.29, 1.82) is 0 Å². The summed E-state index contributed by atoms with van der Waals surface area (Å²) in [4.78, 5) is 21.6. The fourth-order valence-electron chi connectivity index (χ4n) is 1.11. The molecule has 0 atom stereocenters. The van der Waals surface area contributed by atoms with E-state index >= 15 is 0 Å². The van der Waals surface area contributed by atoms with Crippen LogP contribution in [-0.4, -0.2) is 22.1 Å². The minimum atomic E-state index is -1.00. The number of rotatable bonds is 4. The van der Waals surface area contributed by atoms with Gasteiger partial charge in [-0.1, -0.05) is 25.9 Å². The fraction of sp³-hybridized carbons (Fsp3) is 0.545. The molecule has 0 saturated heterocycles. The molecule has 0 aliphatic heterocycles. The quantitative estimate of drug-likeness (QED) is 0.836. The molecule has 94 valence electrons. The number of carbonyl (C=O) groups excluding carboxylic acids is 1. The predicted octanol–water partition coefficient (Wildman–Crippen LogP) is 1.78. The van der Waals surface area contributed by atoms with Crippen LogP contribution >= 0.6 is 0 Å². The lowest BCUT2D eigenvalue weighted by atomic mass is 9.93. The van der Waals surface area contributed by atoms with Crippen LogP contribution in [0.1, 0.15) is 39.4 Å². The molecule has 0 unspecified atom stereocenters. The molecule has 1 rings (SSSR count). The van der Waals surface area contributed by atoms with Gasteiger partial charge in [0.25, 0.3) is 0 Å². The summed E-state index contributed by atoms with van der Waals surface area (Å²) in [5.74, 6) is -0.423. The van der Waals surface area contributed by atoms with Crippen molar-refractivity contribution in [3.05, 3.63) is 11.8 Å². The van der Waals surface area contributed by atoms with Crippen molar-refractivity contribution in [3.63, 3.8) is 0 Å². The smallest absolute Gasteiger partial charge is 0.303 e. The Kier molecular flexibility index (Phi) is 3.88. The molecule has 6 heteroatoms. The molecule has 6 nitrogen and oxygen atoms in total. The van der Waals surface area contributed by atoms with E-state index in [1.807, 2.05) is 20.8 Å². The van der Waals surface area contributed by atoms with Crippen LogP contribution in [0.15, 0.2) is 10.6 Å². The third-order valence-corrected chi connectivity index (χ3v) is 2.08. The van der Waals surface area contributed by atoms with Crippen LogP contribution in [-0.2, 0) is 15.0 Å². The Morgan fingerprint density at radius 3 is 2.53 bits per heavy atom. The highest BCUT2D eigenvalue weighted by Crippen LogP contribution is 2.24. The van der Waals surface area contributed by atoms with E-state index in [-0.39, 0.29) is 24.2 Å². The predicted molar refractivity (Wildman–Crippen MR) is 60.7 cm³/mol. The van der Waals surface area contributed by atoms with E-state index in [0.717, 1.165) is 0 Å². The van der Waals surface area contributed by atoms with Gasteiger partial charge in [0.15, 0.2) is 5.82 Å². The lowest BCUT2D eigenvalue weighted by Crippen LogP contribution is -2.13. The van der Waals surface area contributed by atoms with Crippen molar-refractivity contribution < 1.29 is 19.2 Å². The molecule has 0 fully saturated rings. The number of hydrogen-bond acceptors (Lipinski definition) is 4. The number of amides is 1. The maximum absolute atomic E-state index is 11.3. The molecule has 0 saturated carbocycles. The highest BCUT2D eigenvalue weighted by Gasteiger charge is 2.20. The van der Waals surface area contributed by atoms with Crippen LogP contribution in [0, 0.1) is 0 Å². The van der Waals surface area contributed by atoms with Gasteiger partial charge in [0, 0.05) is 17.9 Å². The third kappa shape index (κ3) is 4.26. The Balaban J connectivity index is 2.55. The van der Waals surface area contributed by atoms with Crippen molar-refractivity contribution in [2.75, 3.05) is 5.32 Å². The molecule has 2 N–H and O–H groups in total. The lowest BCUT2D eigenvalue weighted by Gasteiger charge is -2.11. The number of nitrogens with zero attached hydrogens (tertiary/aromatic N) is 1. The molecule has 1 heterocycles. The van der Waals surface area contributed by atoms with Crippen LogP contribution < -0.4 is 5.32 Å². The molecule has 1 aromatic heterocycles. The van der Waals surface area contributed by atoms with E-state index in [2.05, 4.69) is 10.5 Å². The summed E-state index contributed by atoms with van der Waals surface area (Å²) in [6.45, 7) is 5.89. The highest BCUT2D eigenvalue weighted by atomic mass is 16.5. The minimum absolute atomic E-state index is 0.0763. The van der Waals surface area contributed by atoms with E-state index < -0.39 is 5.97 Å². The van der Waals surface area contributed by atoms with Crippen LogP contribution in [0.5, 0.6) is 0 Å². The SMILES string of the molecule is CC(C)(C)c1cc(NC(=O)CCC(=O)O)no1. The summed E-state index contributed by atoms with van der Waals surface area (Å²) < 4.78 is 5.07. The molecule has 0 aliphatic rings. The summed E-state index contributed by atoms with van der Waals surface area (Å²) in [7, 11) is 0. The van der Waals surface area contributed by atoms with Gasteiger partial charge in [0.2, 0.25) is 5.91 Å². The summed E-state index contributed by atoms with van der Waals surface area (Å²) in [5, 5.41) is 14.6. The number of carboxylic acid groups (broad SMARTS) is 1. The Morgan fingerprint density at radius 1 is 1.41 bits per heavy atom. The van der Waals surface area contributed by atoms with E-state index in [0.29, 0.717) is 11.6 Å². The standard InChI is InChI=1S/C11H16N2O4/c1-11(2,3)7-6-8(13-17-7)12-9(14)4-5-10(15)16/h6H,4-5H2,1-3H3,(H,15,16)(H,12,13,14). The maximum Gasteiger partial charge on any atom is 0.303 e. The molecular formula is C11H16N2O4. The number of aromatic nitrogens is 1. The first-order valence-corrected chi connectivity index (χ1v) is 5.28. The van der Waals surface area contributed by atoms with Crippen molar-refractivity contribution >= 4 is 17.7 Å². The van der Waals surface area contributed by atoms with Gasteiger partial charge in [0.05, 0.1) is 6.42 Å². The van der Waals surface area contributed by atoms with Crippen LogP contribution in [0.4, 0.5) is 5.82 Å². The summed E-state index contributed by atoms with van der Waals surface area (Å²) in [5.41, 5.74) is -0.183. The van der Waals surface area contributed by atoms with Gasteiger partial charge in [-0.2, -0.15) is 0 Å². The van der Waals surface area contributed by atoms with E-state index in [1.165, 1.54) is 0 Å². The van der Waals surface area contributed by atoms with E-state index in [4.69, 9.17) is 9.63 Å². The van der Waals surface area contributed by atoms with E-state index in [9.17, 15) is 9.59 Å². The average molecular weight is 240 g/mol. The topological polar surface area (TPSA) is 92.4 Å². The number of nitrogens with one attached hydrogen (secondary N) is 1. The first-order chi connectivity index (χ1) is 7.79. The van der Waals surface area contributed by atoms with Crippen LogP contribution in [0.3, 0.4) is 0 Å². The van der Waals surface area contributed by atoms with Crippen LogP contribution in [0.2, 0.25) is 0 Å². The Bertz CT molecular complexity index is 417. The zero-order valence-corrected chi connectivity index (χ0v) is 10.1. The van der Waals surface area contributed by atoms with Gasteiger partial charge in [-0.15, -0.1) is 0 Å². The first-order valence-electron chi connectivity index (χ1n) is 5.28. The number of anilines is 1. The molecular weight excluding hydrogens is 224 g/mol. The van der Waals surface area contributed by atoms with Crippen molar-refractivity contribution in [1.82, 2.24) is 5.16 Å². The highest BCUT2D eigenvalue weighted by molar-refractivity contribution is 5.91. The third-order valence-electron chi connectivity index (χ3n) is 2.08. The largest absolute Gasteiger partial charge is 0.481 e. The minimum Gasteiger partial charge on any atom is -0.481 e. The van der Waals surface area contributed by atoms with Gasteiger partial charge in [0.1, 0.15) is 5.76 Å². The van der Waals surface area contributed by atoms with Crippen LogP contribution in [0.25, 0.3) is 0 Å². The zero-order valence-electron chi connectivity index (χ0n) is 10.1. The monoisotopic (exact) mass is 240 g/mol. The molecule has 0 aliphatic carbocycles.